The number of hydrogen-bond donors (Lipinski definition) is 2. The van der Waals surface area contributed by atoms with Crippen LogP contribution in [0.5, 0.6) is 11.5 Å². The third-order valence-electron chi connectivity index (χ3n) is 3.42. The molecule has 0 radical (unpaired) electrons. The van der Waals surface area contributed by atoms with Gasteiger partial charge in [0.15, 0.2) is 18.1 Å². The van der Waals surface area contributed by atoms with Crippen LogP contribution in [-0.2, 0) is 14.3 Å². The molecule has 0 spiro atoms. The van der Waals surface area contributed by atoms with Crippen molar-refractivity contribution in [2.45, 2.75) is 4.90 Å². The number of esters is 1. The summed E-state index contributed by atoms with van der Waals surface area (Å²) in [5.41, 5.74) is 5.42. The Morgan fingerprint density at radius 3 is 2.74 bits per heavy atom. The molecule has 1 aromatic carbocycles. The fraction of sp³-hybridized carbons (Fsp3) is 0.235. The third kappa shape index (κ3) is 5.14. The lowest BCUT2D eigenvalue weighted by atomic mass is 10.3. The topological polar surface area (TPSA) is 117 Å². The van der Waals surface area contributed by atoms with Crippen molar-refractivity contribution in [3.63, 3.8) is 0 Å². The Labute approximate surface area is 163 Å². The normalized spacial score (nSPS) is 12.3. The van der Waals surface area contributed by atoms with Gasteiger partial charge in [0.1, 0.15) is 18.2 Å². The van der Waals surface area contributed by atoms with Gasteiger partial charge in [-0.05, 0) is 29.6 Å². The predicted octanol–water partition coefficient (Wildman–Crippen LogP) is 1.89. The molecule has 3 rings (SSSR count). The molecule has 2 aromatic rings. The van der Waals surface area contributed by atoms with E-state index in [1.54, 1.807) is 17.5 Å². The Morgan fingerprint density at radius 1 is 1.19 bits per heavy atom. The summed E-state index contributed by atoms with van der Waals surface area (Å²) in [7, 11) is 0. The van der Waals surface area contributed by atoms with Gasteiger partial charge in [-0.2, -0.15) is 0 Å². The number of carbonyl (C=O) groups excluding carboxylic acids is 3. The molecule has 8 nitrogen and oxygen atoms in total. The van der Waals surface area contributed by atoms with E-state index in [2.05, 4.69) is 5.32 Å². The summed E-state index contributed by atoms with van der Waals surface area (Å²) in [5.74, 6) is -0.365. The molecule has 0 atom stereocenters. The second kappa shape index (κ2) is 8.78. The van der Waals surface area contributed by atoms with Gasteiger partial charge in [0.25, 0.3) is 11.8 Å². The quantitative estimate of drug-likeness (QED) is 0.531. The van der Waals surface area contributed by atoms with Crippen LogP contribution >= 0.6 is 23.1 Å². The number of ether oxygens (including phenoxy) is 3. The van der Waals surface area contributed by atoms with Crippen LogP contribution in [-0.4, -0.2) is 43.4 Å². The minimum Gasteiger partial charge on any atom is -0.486 e. The van der Waals surface area contributed by atoms with E-state index in [0.29, 0.717) is 29.7 Å². The molecule has 1 aliphatic heterocycles. The number of fused-ring (bicyclic) bond motifs is 1. The van der Waals surface area contributed by atoms with Gasteiger partial charge in [-0.15, -0.1) is 23.1 Å². The van der Waals surface area contributed by atoms with Crippen molar-refractivity contribution in [3.8, 4) is 11.5 Å². The van der Waals surface area contributed by atoms with Crippen LogP contribution in [0, 0.1) is 0 Å². The van der Waals surface area contributed by atoms with E-state index in [9.17, 15) is 14.4 Å². The number of thiophene rings is 1. The minimum atomic E-state index is -0.639. The second-order valence-corrected chi connectivity index (χ2v) is 7.30. The van der Waals surface area contributed by atoms with E-state index >= 15 is 0 Å². The van der Waals surface area contributed by atoms with Gasteiger partial charge in [-0.3, -0.25) is 14.4 Å². The van der Waals surface area contributed by atoms with Crippen LogP contribution in [0.2, 0.25) is 0 Å². The van der Waals surface area contributed by atoms with E-state index in [0.717, 1.165) is 16.2 Å². The van der Waals surface area contributed by atoms with Crippen molar-refractivity contribution >= 4 is 45.9 Å². The van der Waals surface area contributed by atoms with Crippen LogP contribution in [0.4, 0.5) is 5.00 Å². The third-order valence-corrected chi connectivity index (χ3v) is 5.22. The number of nitrogens with two attached hydrogens (primary N) is 1. The van der Waals surface area contributed by atoms with E-state index in [-0.39, 0.29) is 11.3 Å². The highest BCUT2D eigenvalue weighted by molar-refractivity contribution is 8.00. The molecular formula is C17H16N2O6S2. The molecule has 0 saturated carbocycles. The molecule has 142 valence electrons. The summed E-state index contributed by atoms with van der Waals surface area (Å²) < 4.78 is 15.9. The fourth-order valence-electron chi connectivity index (χ4n) is 2.21. The molecule has 3 N–H and O–H groups in total. The van der Waals surface area contributed by atoms with E-state index in [4.69, 9.17) is 19.9 Å². The zero-order chi connectivity index (χ0) is 19.2. The largest absolute Gasteiger partial charge is 0.486 e. The van der Waals surface area contributed by atoms with E-state index in [1.165, 1.54) is 17.8 Å². The Morgan fingerprint density at radius 2 is 1.96 bits per heavy atom. The van der Waals surface area contributed by atoms with Crippen LogP contribution < -0.4 is 20.5 Å². The van der Waals surface area contributed by atoms with Gasteiger partial charge < -0.3 is 25.3 Å². The van der Waals surface area contributed by atoms with Gasteiger partial charge >= 0.3 is 5.97 Å². The molecule has 1 aromatic heterocycles. The number of anilines is 1. The van der Waals surface area contributed by atoms with Crippen molar-refractivity contribution < 1.29 is 28.6 Å². The predicted molar refractivity (Wildman–Crippen MR) is 101 cm³/mol. The summed E-state index contributed by atoms with van der Waals surface area (Å²) in [6, 6.07) is 6.91. The molecule has 0 aliphatic carbocycles. The molecule has 2 amide bonds. The lowest BCUT2D eigenvalue weighted by molar-refractivity contribution is -0.144. The first-order valence-corrected chi connectivity index (χ1v) is 9.74. The van der Waals surface area contributed by atoms with Crippen LogP contribution in [0.25, 0.3) is 0 Å². The minimum absolute atomic E-state index is 0.0401. The molecule has 1 aliphatic rings. The maximum Gasteiger partial charge on any atom is 0.316 e. The van der Waals surface area contributed by atoms with Gasteiger partial charge in [0.2, 0.25) is 0 Å². The average Bonchev–Trinajstić information content (AvgIpc) is 3.13. The van der Waals surface area contributed by atoms with Gasteiger partial charge in [0, 0.05) is 4.90 Å². The summed E-state index contributed by atoms with van der Waals surface area (Å²) in [6.45, 7) is 0.552. The number of amides is 2. The van der Waals surface area contributed by atoms with E-state index < -0.39 is 24.4 Å². The van der Waals surface area contributed by atoms with Crippen LogP contribution in [0.15, 0.2) is 34.5 Å². The Hall–Kier alpha value is -2.72. The molecule has 0 unspecified atom stereocenters. The molecule has 2 heterocycles. The number of hydrogen-bond acceptors (Lipinski definition) is 8. The SMILES string of the molecule is NC(=O)c1ccsc1NC(=O)COC(=O)CSc1ccc2c(c1)OCCO2. The Bertz CT molecular complexity index is 867. The molecular weight excluding hydrogens is 392 g/mol. The number of nitrogens with one attached hydrogen (secondary N) is 1. The number of thioether (sulfide) groups is 1. The molecule has 0 saturated heterocycles. The first-order valence-electron chi connectivity index (χ1n) is 7.88. The maximum atomic E-state index is 11.9. The number of carbonyl (C=O) groups is 3. The highest BCUT2D eigenvalue weighted by Crippen LogP contribution is 2.34. The first-order chi connectivity index (χ1) is 13.0. The zero-order valence-electron chi connectivity index (χ0n) is 14.1. The Kier molecular flexibility index (Phi) is 6.20. The monoisotopic (exact) mass is 408 g/mol. The van der Waals surface area contributed by atoms with Crippen molar-refractivity contribution in [1.29, 1.82) is 0 Å². The summed E-state index contributed by atoms with van der Waals surface area (Å²) in [4.78, 5) is 35.7. The van der Waals surface area contributed by atoms with Gasteiger partial charge in [-0.25, -0.2) is 0 Å². The molecule has 27 heavy (non-hydrogen) atoms. The van der Waals surface area contributed by atoms with Crippen LogP contribution in [0.3, 0.4) is 0 Å². The number of rotatable bonds is 7. The van der Waals surface area contributed by atoms with E-state index in [1.807, 2.05) is 6.07 Å². The Balaban J connectivity index is 1.43. The fourth-order valence-corrected chi connectivity index (χ4v) is 3.74. The van der Waals surface area contributed by atoms with Crippen molar-refractivity contribution in [2.24, 2.45) is 5.73 Å². The summed E-state index contributed by atoms with van der Waals surface area (Å²) in [6.07, 6.45) is 0. The first kappa shape index (κ1) is 19.1. The maximum absolute atomic E-state index is 11.9. The standard InChI is InChI=1S/C17H16N2O6S2/c18-16(22)11-3-6-26-17(11)19-14(20)8-25-15(21)9-27-10-1-2-12-13(7-10)24-5-4-23-12/h1-3,6-7H,4-5,8-9H2,(H2,18,22)(H,19,20). The lowest BCUT2D eigenvalue weighted by Crippen LogP contribution is -2.22. The van der Waals surface area contributed by atoms with Gasteiger partial charge in [-0.1, -0.05) is 0 Å². The number of primary amides is 1. The second-order valence-electron chi connectivity index (χ2n) is 5.33. The highest BCUT2D eigenvalue weighted by Gasteiger charge is 2.15. The van der Waals surface area contributed by atoms with Crippen LogP contribution in [0.1, 0.15) is 10.4 Å². The zero-order valence-corrected chi connectivity index (χ0v) is 15.7. The highest BCUT2D eigenvalue weighted by atomic mass is 32.2. The summed E-state index contributed by atoms with van der Waals surface area (Å²) >= 11 is 2.42. The lowest BCUT2D eigenvalue weighted by Gasteiger charge is -2.18. The summed E-state index contributed by atoms with van der Waals surface area (Å²) in [5, 5.41) is 4.46. The smallest absolute Gasteiger partial charge is 0.316 e. The van der Waals surface area contributed by atoms with Crippen molar-refractivity contribution in [3.05, 3.63) is 35.2 Å². The van der Waals surface area contributed by atoms with Gasteiger partial charge in [0.05, 0.1) is 11.3 Å². The molecule has 0 fully saturated rings. The van der Waals surface area contributed by atoms with Crippen molar-refractivity contribution in [2.75, 3.05) is 30.9 Å². The average molecular weight is 408 g/mol. The number of benzene rings is 1. The molecule has 0 bridgehead atoms. The molecule has 10 heteroatoms. The van der Waals surface area contributed by atoms with Crippen molar-refractivity contribution in [1.82, 2.24) is 0 Å².